The van der Waals surface area contributed by atoms with E-state index in [0.29, 0.717) is 22.2 Å². The molecule has 144 valence electrons. The fourth-order valence-corrected chi connectivity index (χ4v) is 4.82. The van der Waals surface area contributed by atoms with Gasteiger partial charge in [-0.3, -0.25) is 18.6 Å². The summed E-state index contributed by atoms with van der Waals surface area (Å²) in [5, 5.41) is 13.9. The van der Waals surface area contributed by atoms with Crippen molar-refractivity contribution in [2.24, 2.45) is 0 Å². The van der Waals surface area contributed by atoms with Gasteiger partial charge in [-0.2, -0.15) is 0 Å². The van der Waals surface area contributed by atoms with E-state index in [1.54, 1.807) is 4.57 Å². The number of thiophene rings is 1. The molecule has 8 nitrogen and oxygen atoms in total. The number of carbonyl (C=O) groups excluding carboxylic acids is 1. The van der Waals surface area contributed by atoms with Gasteiger partial charge in [-0.25, -0.2) is 0 Å². The third-order valence-electron chi connectivity index (χ3n) is 4.37. The molecule has 1 fully saturated rings. The van der Waals surface area contributed by atoms with Crippen LogP contribution in [0.5, 0.6) is 0 Å². The zero-order chi connectivity index (χ0) is 19.0. The number of rotatable bonds is 6. The summed E-state index contributed by atoms with van der Waals surface area (Å²) in [6, 6.07) is 1.99. The van der Waals surface area contributed by atoms with Crippen LogP contribution < -0.4 is 10.9 Å². The lowest BCUT2D eigenvalue weighted by Crippen LogP contribution is -2.31. The summed E-state index contributed by atoms with van der Waals surface area (Å²) in [5.41, 5.74) is 0.713. The first kappa shape index (κ1) is 18.5. The molecule has 0 aromatic carbocycles. The number of hydrogen-bond acceptors (Lipinski definition) is 7. The van der Waals surface area contributed by atoms with Crippen molar-refractivity contribution in [1.29, 1.82) is 0 Å². The average molecular weight is 408 g/mol. The van der Waals surface area contributed by atoms with Crippen molar-refractivity contribution in [3.8, 4) is 0 Å². The van der Waals surface area contributed by atoms with Crippen LogP contribution in [0.3, 0.4) is 0 Å². The smallest absolute Gasteiger partial charge is 0.272 e. The Hall–Kier alpha value is -1.91. The molecule has 1 unspecified atom stereocenters. The third kappa shape index (κ3) is 3.61. The number of carbonyl (C=O) groups is 1. The standard InChI is InChI=1S/C17H21N5O3S2/c1-10(2)18-13(23)9-27-17-20-19-16-21(8-11-4-3-6-25-11)15(24)14-12(22(16)17)5-7-26-14/h5,7,10-11H,3-4,6,8-9H2,1-2H3,(H,18,23). The Bertz CT molecular complexity index is 1030. The van der Waals surface area contributed by atoms with Gasteiger partial charge in [-0.05, 0) is 38.1 Å². The van der Waals surface area contributed by atoms with Gasteiger partial charge in [-0.15, -0.1) is 21.5 Å². The van der Waals surface area contributed by atoms with Gasteiger partial charge >= 0.3 is 0 Å². The summed E-state index contributed by atoms with van der Waals surface area (Å²) < 4.78 is 9.89. The molecule has 3 aromatic rings. The lowest BCUT2D eigenvalue weighted by atomic mass is 10.2. The van der Waals surface area contributed by atoms with Crippen LogP contribution in [-0.4, -0.2) is 49.6 Å². The minimum absolute atomic E-state index is 0.0218. The Labute approximate surface area is 163 Å². The molecule has 1 amide bonds. The van der Waals surface area contributed by atoms with E-state index in [0.717, 1.165) is 25.0 Å². The van der Waals surface area contributed by atoms with E-state index in [2.05, 4.69) is 15.5 Å². The second kappa shape index (κ2) is 7.61. The van der Waals surface area contributed by atoms with Crippen molar-refractivity contribution >= 4 is 45.0 Å². The van der Waals surface area contributed by atoms with Gasteiger partial charge in [0, 0.05) is 12.6 Å². The number of fused-ring (bicyclic) bond motifs is 3. The average Bonchev–Trinajstić information content (AvgIpc) is 3.35. The van der Waals surface area contributed by atoms with E-state index in [-0.39, 0.29) is 29.4 Å². The summed E-state index contributed by atoms with van der Waals surface area (Å²) >= 11 is 2.72. The molecule has 27 heavy (non-hydrogen) atoms. The molecule has 1 N–H and O–H groups in total. The van der Waals surface area contributed by atoms with Crippen LogP contribution in [-0.2, 0) is 16.1 Å². The van der Waals surface area contributed by atoms with Gasteiger partial charge in [0.1, 0.15) is 4.70 Å². The number of hydrogen-bond donors (Lipinski definition) is 1. The minimum Gasteiger partial charge on any atom is -0.376 e. The highest BCUT2D eigenvalue weighted by atomic mass is 32.2. The van der Waals surface area contributed by atoms with Gasteiger partial charge in [0.25, 0.3) is 5.56 Å². The highest BCUT2D eigenvalue weighted by Gasteiger charge is 2.22. The molecule has 0 saturated carbocycles. The maximum Gasteiger partial charge on any atom is 0.272 e. The van der Waals surface area contributed by atoms with Crippen LogP contribution in [0.25, 0.3) is 16.0 Å². The number of thioether (sulfide) groups is 1. The van der Waals surface area contributed by atoms with E-state index >= 15 is 0 Å². The van der Waals surface area contributed by atoms with Crippen molar-refractivity contribution in [1.82, 2.24) is 24.5 Å². The second-order valence-electron chi connectivity index (χ2n) is 6.81. The van der Waals surface area contributed by atoms with Crippen molar-refractivity contribution in [3.63, 3.8) is 0 Å². The zero-order valence-electron chi connectivity index (χ0n) is 15.2. The van der Waals surface area contributed by atoms with Crippen molar-refractivity contribution < 1.29 is 9.53 Å². The van der Waals surface area contributed by atoms with E-state index in [4.69, 9.17) is 4.74 Å². The highest BCUT2D eigenvalue weighted by Crippen LogP contribution is 2.25. The summed E-state index contributed by atoms with van der Waals surface area (Å²) in [5.74, 6) is 0.685. The third-order valence-corrected chi connectivity index (χ3v) is 6.20. The fourth-order valence-electron chi connectivity index (χ4n) is 3.24. The number of aromatic nitrogens is 4. The Morgan fingerprint density at radius 3 is 3.07 bits per heavy atom. The maximum absolute atomic E-state index is 13.0. The van der Waals surface area contributed by atoms with E-state index in [1.807, 2.05) is 29.7 Å². The maximum atomic E-state index is 13.0. The zero-order valence-corrected chi connectivity index (χ0v) is 16.8. The monoisotopic (exact) mass is 407 g/mol. The topological polar surface area (TPSA) is 90.5 Å². The van der Waals surface area contributed by atoms with Crippen LogP contribution in [0.15, 0.2) is 21.4 Å². The van der Waals surface area contributed by atoms with Crippen LogP contribution in [0.2, 0.25) is 0 Å². The molecule has 1 atom stereocenters. The molecule has 1 saturated heterocycles. The molecule has 0 aliphatic carbocycles. The van der Waals surface area contributed by atoms with E-state index in [1.165, 1.54) is 23.1 Å². The first-order valence-corrected chi connectivity index (χ1v) is 10.8. The SMILES string of the molecule is CC(C)NC(=O)CSc1nnc2n(CC3CCCO3)c(=O)c3sccc3n12. The molecular weight excluding hydrogens is 386 g/mol. The molecule has 4 heterocycles. The predicted molar refractivity (Wildman–Crippen MR) is 106 cm³/mol. The molecule has 0 spiro atoms. The molecule has 1 aliphatic rings. The molecule has 4 rings (SSSR count). The number of nitrogens with zero attached hydrogens (tertiary/aromatic N) is 4. The molecule has 10 heteroatoms. The largest absolute Gasteiger partial charge is 0.376 e. The Morgan fingerprint density at radius 1 is 1.48 bits per heavy atom. The van der Waals surface area contributed by atoms with E-state index in [9.17, 15) is 9.59 Å². The lowest BCUT2D eigenvalue weighted by Gasteiger charge is -2.13. The molecule has 1 aliphatic heterocycles. The summed E-state index contributed by atoms with van der Waals surface area (Å²) in [6.07, 6.45) is 1.97. The van der Waals surface area contributed by atoms with Crippen LogP contribution >= 0.6 is 23.1 Å². The quantitative estimate of drug-likeness (QED) is 0.628. The summed E-state index contributed by atoms with van der Waals surface area (Å²) in [4.78, 5) is 24.9. The van der Waals surface area contributed by atoms with Crippen LogP contribution in [0.1, 0.15) is 26.7 Å². The summed E-state index contributed by atoms with van der Waals surface area (Å²) in [6.45, 7) is 5.05. The minimum atomic E-state index is -0.0653. The molecular formula is C17H21N5O3S2. The number of nitrogens with one attached hydrogen (secondary N) is 1. The van der Waals surface area contributed by atoms with Crippen molar-refractivity contribution in [3.05, 3.63) is 21.8 Å². The van der Waals surface area contributed by atoms with Crippen molar-refractivity contribution in [2.75, 3.05) is 12.4 Å². The van der Waals surface area contributed by atoms with E-state index < -0.39 is 0 Å². The normalized spacial score (nSPS) is 17.4. The first-order chi connectivity index (χ1) is 13.0. The Morgan fingerprint density at radius 2 is 2.33 bits per heavy atom. The lowest BCUT2D eigenvalue weighted by molar-refractivity contribution is -0.119. The number of amides is 1. The fraction of sp³-hybridized carbons (Fsp3) is 0.529. The first-order valence-electron chi connectivity index (χ1n) is 8.93. The van der Waals surface area contributed by atoms with Crippen molar-refractivity contribution in [2.45, 2.75) is 50.5 Å². The highest BCUT2D eigenvalue weighted by molar-refractivity contribution is 7.99. The van der Waals surface area contributed by atoms with Crippen LogP contribution in [0.4, 0.5) is 0 Å². The van der Waals surface area contributed by atoms with Gasteiger partial charge in [0.2, 0.25) is 11.7 Å². The second-order valence-corrected chi connectivity index (χ2v) is 8.67. The van der Waals surface area contributed by atoms with Gasteiger partial charge in [0.05, 0.1) is 23.9 Å². The Balaban J connectivity index is 1.73. The Kier molecular flexibility index (Phi) is 5.20. The molecule has 0 radical (unpaired) electrons. The molecule has 3 aromatic heterocycles. The van der Waals surface area contributed by atoms with Gasteiger partial charge in [-0.1, -0.05) is 11.8 Å². The van der Waals surface area contributed by atoms with Gasteiger partial charge < -0.3 is 10.1 Å². The van der Waals surface area contributed by atoms with Gasteiger partial charge in [0.15, 0.2) is 5.16 Å². The number of ether oxygens (including phenoxy) is 1. The predicted octanol–water partition coefficient (Wildman–Crippen LogP) is 1.90. The summed E-state index contributed by atoms with van der Waals surface area (Å²) in [7, 11) is 0. The molecule has 0 bridgehead atoms. The van der Waals surface area contributed by atoms with Crippen LogP contribution in [0, 0.1) is 0 Å².